The molecule has 3 heteroatoms. The van der Waals surface area contributed by atoms with Gasteiger partial charge in [-0.25, -0.2) is 4.99 Å². The summed E-state index contributed by atoms with van der Waals surface area (Å²) in [5.41, 5.74) is 6.65. The Hall–Kier alpha value is -2.29. The second-order valence-corrected chi connectivity index (χ2v) is 8.87. The first-order valence-corrected chi connectivity index (χ1v) is 11.7. The van der Waals surface area contributed by atoms with Gasteiger partial charge in [-0.3, -0.25) is 0 Å². The molecule has 5 atom stereocenters. The highest BCUT2D eigenvalue weighted by atomic mass is 16.5. The number of fused-ring (bicyclic) bond motifs is 3. The van der Waals surface area contributed by atoms with Crippen LogP contribution in [0.15, 0.2) is 64.4 Å². The molecule has 4 unspecified atom stereocenters. The van der Waals surface area contributed by atoms with Gasteiger partial charge in [0.1, 0.15) is 5.76 Å². The normalized spacial score (nSPS) is 28.3. The van der Waals surface area contributed by atoms with Crippen LogP contribution in [-0.2, 0) is 11.2 Å². The Morgan fingerprint density at radius 3 is 2.60 bits per heavy atom. The minimum absolute atomic E-state index is 0.0674. The van der Waals surface area contributed by atoms with Gasteiger partial charge in [0, 0.05) is 35.4 Å². The van der Waals surface area contributed by atoms with Crippen LogP contribution in [0, 0.1) is 17.8 Å². The molecule has 1 aromatic carbocycles. The second kappa shape index (κ2) is 8.45. The molecule has 1 fully saturated rings. The van der Waals surface area contributed by atoms with E-state index < -0.39 is 0 Å². The standard InChI is InChI=1S/C27H36N2O/c1-7-20-12-10-11-13-23(20)29(9-3)19(6)25-21(8-2)16-17(4)24-22-15-14-18(5)28-27(22)30-26(24)25/h10-17,19,22,24,27H,7-9H2,1-6H3/t17?,19?,22-,24?,27?/m0/s1. The summed E-state index contributed by atoms with van der Waals surface area (Å²) in [5.74, 6) is 2.39. The number of nitrogens with zero attached hydrogens (tertiary/aromatic N) is 2. The van der Waals surface area contributed by atoms with E-state index in [-0.39, 0.29) is 12.3 Å². The molecule has 0 N–H and O–H groups in total. The molecule has 1 aliphatic carbocycles. The maximum Gasteiger partial charge on any atom is 0.196 e. The van der Waals surface area contributed by atoms with E-state index in [1.165, 1.54) is 28.2 Å². The number of dihydropyridines is 1. The highest BCUT2D eigenvalue weighted by Gasteiger charge is 2.48. The van der Waals surface area contributed by atoms with Gasteiger partial charge in [-0.2, -0.15) is 0 Å². The summed E-state index contributed by atoms with van der Waals surface area (Å²) in [5, 5.41) is 0. The van der Waals surface area contributed by atoms with E-state index in [0.717, 1.165) is 25.1 Å². The summed E-state index contributed by atoms with van der Waals surface area (Å²) in [7, 11) is 0. The fraction of sp³-hybridized carbons (Fsp3) is 0.519. The average molecular weight is 405 g/mol. The highest BCUT2D eigenvalue weighted by Crippen LogP contribution is 2.50. The SMILES string of the molecule is CCC1=CC(C)C2C(=C1C(C)N(CC)c1ccccc1CC)OC1N=C(C)C=C[C@H]12. The first kappa shape index (κ1) is 21.0. The Morgan fingerprint density at radius 2 is 1.90 bits per heavy atom. The minimum atomic E-state index is -0.0674. The molecule has 3 nitrogen and oxygen atoms in total. The van der Waals surface area contributed by atoms with Crippen molar-refractivity contribution in [3.05, 3.63) is 65.0 Å². The largest absolute Gasteiger partial charge is 0.472 e. The molecule has 1 saturated heterocycles. The number of rotatable bonds is 6. The van der Waals surface area contributed by atoms with Gasteiger partial charge in [-0.1, -0.05) is 51.1 Å². The lowest BCUT2D eigenvalue weighted by Crippen LogP contribution is -2.38. The van der Waals surface area contributed by atoms with E-state index >= 15 is 0 Å². The summed E-state index contributed by atoms with van der Waals surface area (Å²) in [6.45, 7) is 14.5. The van der Waals surface area contributed by atoms with Crippen molar-refractivity contribution in [2.45, 2.75) is 66.7 Å². The Kier molecular flexibility index (Phi) is 5.90. The van der Waals surface area contributed by atoms with Crippen molar-refractivity contribution in [1.29, 1.82) is 0 Å². The number of hydrogen-bond donors (Lipinski definition) is 0. The highest BCUT2D eigenvalue weighted by molar-refractivity contribution is 5.93. The van der Waals surface area contributed by atoms with Gasteiger partial charge in [0.25, 0.3) is 0 Å². The molecule has 1 aromatic rings. The van der Waals surface area contributed by atoms with Crippen molar-refractivity contribution >= 4 is 11.4 Å². The van der Waals surface area contributed by atoms with Crippen molar-refractivity contribution in [1.82, 2.24) is 0 Å². The first-order chi connectivity index (χ1) is 14.5. The zero-order chi connectivity index (χ0) is 21.4. The molecule has 30 heavy (non-hydrogen) atoms. The van der Waals surface area contributed by atoms with Gasteiger partial charge in [0.15, 0.2) is 6.23 Å². The third kappa shape index (κ3) is 3.42. The van der Waals surface area contributed by atoms with Crippen molar-refractivity contribution < 1.29 is 4.74 Å². The molecule has 4 rings (SSSR count). The molecule has 160 valence electrons. The fourth-order valence-electron chi connectivity index (χ4n) is 5.64. The molecular formula is C27H36N2O. The Labute approximate surface area is 182 Å². The van der Waals surface area contributed by atoms with Crippen LogP contribution in [0.4, 0.5) is 5.69 Å². The van der Waals surface area contributed by atoms with Gasteiger partial charge in [-0.05, 0) is 62.8 Å². The monoisotopic (exact) mass is 404 g/mol. The molecule has 0 aromatic heterocycles. The average Bonchev–Trinajstić information content (AvgIpc) is 3.12. The van der Waals surface area contributed by atoms with Crippen molar-refractivity contribution in [3.63, 3.8) is 0 Å². The molecular weight excluding hydrogens is 368 g/mol. The molecule has 0 spiro atoms. The first-order valence-electron chi connectivity index (χ1n) is 11.7. The number of aryl methyl sites for hydroxylation is 1. The summed E-state index contributed by atoms with van der Waals surface area (Å²) in [4.78, 5) is 7.38. The zero-order valence-corrected chi connectivity index (χ0v) is 19.4. The number of hydrogen-bond acceptors (Lipinski definition) is 3. The number of likely N-dealkylation sites (N-methyl/N-ethyl adjacent to an activating group) is 1. The summed E-state index contributed by atoms with van der Waals surface area (Å²) >= 11 is 0. The molecule has 0 bridgehead atoms. The Bertz CT molecular complexity index is 923. The van der Waals surface area contributed by atoms with Crippen LogP contribution in [-0.4, -0.2) is 24.5 Å². The third-order valence-corrected chi connectivity index (χ3v) is 7.12. The lowest BCUT2D eigenvalue weighted by Gasteiger charge is -2.38. The van der Waals surface area contributed by atoms with Crippen molar-refractivity contribution in [2.24, 2.45) is 22.7 Å². The van der Waals surface area contributed by atoms with E-state index in [4.69, 9.17) is 9.73 Å². The van der Waals surface area contributed by atoms with Gasteiger partial charge in [0.2, 0.25) is 0 Å². The molecule has 0 saturated carbocycles. The van der Waals surface area contributed by atoms with Gasteiger partial charge in [-0.15, -0.1) is 0 Å². The van der Waals surface area contributed by atoms with E-state index in [0.29, 0.717) is 17.8 Å². The molecule has 2 heterocycles. The van der Waals surface area contributed by atoms with Crippen LogP contribution in [0.25, 0.3) is 0 Å². The Balaban J connectivity index is 1.80. The molecule has 2 aliphatic heterocycles. The van der Waals surface area contributed by atoms with E-state index in [1.807, 2.05) is 0 Å². The maximum atomic E-state index is 6.64. The van der Waals surface area contributed by atoms with Gasteiger partial charge in [0.05, 0.1) is 6.04 Å². The molecule has 3 aliphatic rings. The number of anilines is 1. The van der Waals surface area contributed by atoms with Crippen molar-refractivity contribution in [3.8, 4) is 0 Å². The van der Waals surface area contributed by atoms with Crippen LogP contribution < -0.4 is 4.90 Å². The maximum absolute atomic E-state index is 6.64. The van der Waals surface area contributed by atoms with Crippen molar-refractivity contribution in [2.75, 3.05) is 11.4 Å². The number of para-hydroxylation sites is 1. The summed E-state index contributed by atoms with van der Waals surface area (Å²) in [6, 6.07) is 9.10. The zero-order valence-electron chi connectivity index (χ0n) is 19.4. The predicted molar refractivity (Wildman–Crippen MR) is 127 cm³/mol. The lowest BCUT2D eigenvalue weighted by atomic mass is 9.73. The van der Waals surface area contributed by atoms with Gasteiger partial charge < -0.3 is 9.64 Å². The van der Waals surface area contributed by atoms with Crippen LogP contribution in [0.5, 0.6) is 0 Å². The predicted octanol–water partition coefficient (Wildman–Crippen LogP) is 6.32. The minimum Gasteiger partial charge on any atom is -0.472 e. The lowest BCUT2D eigenvalue weighted by molar-refractivity contribution is 0.148. The number of ether oxygens (including phenoxy) is 1. The smallest absolute Gasteiger partial charge is 0.196 e. The topological polar surface area (TPSA) is 24.8 Å². The summed E-state index contributed by atoms with van der Waals surface area (Å²) < 4.78 is 6.64. The van der Waals surface area contributed by atoms with Gasteiger partial charge >= 0.3 is 0 Å². The van der Waals surface area contributed by atoms with Crippen LogP contribution in [0.1, 0.15) is 53.5 Å². The van der Waals surface area contributed by atoms with Crippen LogP contribution in [0.2, 0.25) is 0 Å². The number of aliphatic imine (C=N–C) groups is 1. The Morgan fingerprint density at radius 1 is 1.13 bits per heavy atom. The molecule has 0 amide bonds. The van der Waals surface area contributed by atoms with Crippen LogP contribution >= 0.6 is 0 Å². The number of allylic oxidation sites excluding steroid dienone is 3. The third-order valence-electron chi connectivity index (χ3n) is 7.12. The molecule has 0 radical (unpaired) electrons. The number of benzene rings is 1. The van der Waals surface area contributed by atoms with E-state index in [9.17, 15) is 0 Å². The summed E-state index contributed by atoms with van der Waals surface area (Å²) in [6.07, 6.45) is 9.01. The fourth-order valence-corrected chi connectivity index (χ4v) is 5.64. The van der Waals surface area contributed by atoms with E-state index in [2.05, 4.69) is 88.9 Å². The quantitative estimate of drug-likeness (QED) is 0.554. The van der Waals surface area contributed by atoms with E-state index in [1.54, 1.807) is 0 Å². The van der Waals surface area contributed by atoms with Crippen LogP contribution in [0.3, 0.4) is 0 Å². The second-order valence-electron chi connectivity index (χ2n) is 8.87.